The van der Waals surface area contributed by atoms with Gasteiger partial charge in [0.15, 0.2) is 11.1 Å². The number of thiazole rings is 1. The molecule has 0 spiro atoms. The van der Waals surface area contributed by atoms with Crippen molar-refractivity contribution in [3.63, 3.8) is 0 Å². The van der Waals surface area contributed by atoms with Crippen molar-refractivity contribution in [2.75, 3.05) is 5.32 Å². The number of nitro groups is 1. The molecule has 0 radical (unpaired) electrons. The van der Waals surface area contributed by atoms with E-state index in [0.29, 0.717) is 17.8 Å². The van der Waals surface area contributed by atoms with E-state index in [1.54, 1.807) is 11.4 Å². The minimum absolute atomic E-state index is 0.108. The van der Waals surface area contributed by atoms with Gasteiger partial charge in [-0.05, 0) is 6.07 Å². The molecule has 2 N–H and O–H groups in total. The molecule has 0 fully saturated rings. The van der Waals surface area contributed by atoms with Crippen LogP contribution in [0.15, 0.2) is 32.8 Å². The number of nitrogens with zero attached hydrogens (tertiary/aromatic N) is 2. The summed E-state index contributed by atoms with van der Waals surface area (Å²) in [6.45, 7) is 0.319. The molecule has 0 aliphatic heterocycles. The normalized spacial score (nSPS) is 10.8. The van der Waals surface area contributed by atoms with Gasteiger partial charge in [0.05, 0.1) is 11.5 Å². The number of H-pyrrole nitrogens is 1. The molecule has 0 saturated heterocycles. The number of non-ortho nitro benzene ring substituents is 1. The van der Waals surface area contributed by atoms with Crippen LogP contribution in [-0.4, -0.2) is 14.9 Å². The molecule has 9 heteroatoms. The molecule has 102 valence electrons. The van der Waals surface area contributed by atoms with Gasteiger partial charge < -0.3 is 14.7 Å². The Morgan fingerprint density at radius 1 is 1.50 bits per heavy atom. The van der Waals surface area contributed by atoms with Crippen molar-refractivity contribution in [3.8, 4) is 0 Å². The van der Waals surface area contributed by atoms with Crippen LogP contribution in [0.2, 0.25) is 0 Å². The molecule has 0 atom stereocenters. The maximum atomic E-state index is 11.0. The van der Waals surface area contributed by atoms with Crippen molar-refractivity contribution in [2.24, 2.45) is 0 Å². The molecular weight excluding hydrogens is 284 g/mol. The van der Waals surface area contributed by atoms with E-state index >= 15 is 0 Å². The largest absolute Gasteiger partial charge is 0.423 e. The van der Waals surface area contributed by atoms with Gasteiger partial charge in [0.1, 0.15) is 0 Å². The van der Waals surface area contributed by atoms with Crippen molar-refractivity contribution in [1.29, 1.82) is 0 Å². The Labute approximate surface area is 115 Å². The lowest BCUT2D eigenvalue weighted by Gasteiger charge is -1.96. The summed E-state index contributed by atoms with van der Waals surface area (Å²) in [5.74, 6) is 0. The lowest BCUT2D eigenvalue weighted by Crippen LogP contribution is -2.02. The lowest BCUT2D eigenvalue weighted by molar-refractivity contribution is -0.383. The van der Waals surface area contributed by atoms with Gasteiger partial charge in [0.25, 0.3) is 11.7 Å². The molecule has 0 aliphatic rings. The van der Waals surface area contributed by atoms with Crippen molar-refractivity contribution in [1.82, 2.24) is 9.97 Å². The Balaban J connectivity index is 1.87. The molecule has 1 aromatic carbocycles. The van der Waals surface area contributed by atoms with Gasteiger partial charge in [-0.2, -0.15) is 4.98 Å². The molecule has 2 heterocycles. The zero-order valence-corrected chi connectivity index (χ0v) is 10.8. The van der Waals surface area contributed by atoms with Crippen molar-refractivity contribution in [3.05, 3.63) is 49.1 Å². The maximum absolute atomic E-state index is 11.0. The zero-order chi connectivity index (χ0) is 14.1. The highest BCUT2D eigenvalue weighted by Crippen LogP contribution is 2.27. The van der Waals surface area contributed by atoms with Crippen molar-refractivity contribution >= 4 is 34.1 Å². The third-order valence-electron chi connectivity index (χ3n) is 2.60. The number of para-hydroxylation sites is 1. The quantitative estimate of drug-likeness (QED) is 0.562. The third kappa shape index (κ3) is 2.26. The maximum Gasteiger partial charge on any atom is 0.304 e. The van der Waals surface area contributed by atoms with Crippen LogP contribution < -0.4 is 10.2 Å². The van der Waals surface area contributed by atoms with Gasteiger partial charge in [-0.1, -0.05) is 17.4 Å². The fourth-order valence-electron chi connectivity index (χ4n) is 1.73. The molecule has 0 saturated carbocycles. The van der Waals surface area contributed by atoms with Crippen LogP contribution in [0.5, 0.6) is 0 Å². The number of aromatic nitrogens is 2. The molecule has 8 nitrogen and oxygen atoms in total. The number of nitrogens with one attached hydrogen (secondary N) is 2. The third-order valence-corrected chi connectivity index (χ3v) is 3.31. The van der Waals surface area contributed by atoms with Gasteiger partial charge in [-0.25, -0.2) is 0 Å². The standard InChI is InChI=1S/C11H8N4O4S/c16-11-13-6(5-20-11)4-12-10-14-9-7(15(17)18)2-1-3-8(9)19-10/h1-3,5H,4H2,(H,12,14)(H,13,16). The Morgan fingerprint density at radius 2 is 2.35 bits per heavy atom. The van der Waals surface area contributed by atoms with Gasteiger partial charge >= 0.3 is 4.87 Å². The van der Waals surface area contributed by atoms with E-state index in [4.69, 9.17) is 4.42 Å². The molecular formula is C11H8N4O4S. The number of hydrogen-bond acceptors (Lipinski definition) is 7. The SMILES string of the molecule is O=c1[nH]c(CNc2nc3c([N+](=O)[O-])cccc3o2)cs1. The monoisotopic (exact) mass is 292 g/mol. The summed E-state index contributed by atoms with van der Waals surface area (Å²) in [6, 6.07) is 4.67. The first-order valence-electron chi connectivity index (χ1n) is 5.58. The molecule has 20 heavy (non-hydrogen) atoms. The number of anilines is 1. The summed E-state index contributed by atoms with van der Waals surface area (Å²) in [7, 11) is 0. The number of benzene rings is 1. The minimum atomic E-state index is -0.509. The molecule has 0 amide bonds. The second-order valence-electron chi connectivity index (χ2n) is 3.93. The highest BCUT2D eigenvalue weighted by molar-refractivity contribution is 7.07. The van der Waals surface area contributed by atoms with E-state index in [-0.39, 0.29) is 22.1 Å². The first kappa shape index (κ1) is 12.4. The highest BCUT2D eigenvalue weighted by Gasteiger charge is 2.17. The average molecular weight is 292 g/mol. The number of rotatable bonds is 4. The van der Waals surface area contributed by atoms with Gasteiger partial charge in [0, 0.05) is 17.1 Å². The molecule has 3 rings (SSSR count). The minimum Gasteiger partial charge on any atom is -0.423 e. The van der Waals surface area contributed by atoms with E-state index in [1.807, 2.05) is 0 Å². The average Bonchev–Trinajstić information content (AvgIpc) is 3.01. The number of nitro benzene ring substituents is 1. The van der Waals surface area contributed by atoms with Crippen LogP contribution in [0.1, 0.15) is 5.69 Å². The first-order chi connectivity index (χ1) is 9.63. The molecule has 0 unspecified atom stereocenters. The Morgan fingerprint density at radius 3 is 3.05 bits per heavy atom. The Bertz CT molecular complexity index is 834. The summed E-state index contributed by atoms with van der Waals surface area (Å²) in [5.41, 5.74) is 1.11. The number of hydrogen-bond donors (Lipinski definition) is 2. The van der Waals surface area contributed by atoms with E-state index in [0.717, 1.165) is 11.3 Å². The molecule has 3 aromatic rings. The van der Waals surface area contributed by atoms with E-state index in [1.165, 1.54) is 12.1 Å². The number of oxazole rings is 1. The van der Waals surface area contributed by atoms with Gasteiger partial charge in [-0.15, -0.1) is 0 Å². The van der Waals surface area contributed by atoms with Crippen molar-refractivity contribution < 1.29 is 9.34 Å². The molecule has 0 aliphatic carbocycles. The number of aromatic amines is 1. The predicted molar refractivity (Wildman–Crippen MR) is 72.9 cm³/mol. The van der Waals surface area contributed by atoms with Crippen LogP contribution in [0.3, 0.4) is 0 Å². The molecule has 0 bridgehead atoms. The molecule has 2 aromatic heterocycles. The summed E-state index contributed by atoms with van der Waals surface area (Å²) < 4.78 is 5.37. The van der Waals surface area contributed by atoms with E-state index < -0.39 is 4.92 Å². The zero-order valence-electron chi connectivity index (χ0n) is 9.95. The van der Waals surface area contributed by atoms with Crippen molar-refractivity contribution in [2.45, 2.75) is 6.54 Å². The predicted octanol–water partition coefficient (Wildman–Crippen LogP) is 2.10. The lowest BCUT2D eigenvalue weighted by atomic mass is 10.3. The Kier molecular flexibility index (Phi) is 2.95. The topological polar surface area (TPSA) is 114 Å². The summed E-state index contributed by atoms with van der Waals surface area (Å²) in [4.78, 5) is 27.9. The van der Waals surface area contributed by atoms with Crippen LogP contribution >= 0.6 is 11.3 Å². The fraction of sp³-hybridized carbons (Fsp3) is 0.0909. The van der Waals surface area contributed by atoms with E-state index in [9.17, 15) is 14.9 Å². The first-order valence-corrected chi connectivity index (χ1v) is 6.46. The van der Waals surface area contributed by atoms with Crippen LogP contribution in [0.25, 0.3) is 11.1 Å². The number of fused-ring (bicyclic) bond motifs is 1. The van der Waals surface area contributed by atoms with Crippen LogP contribution in [0, 0.1) is 10.1 Å². The van der Waals surface area contributed by atoms with E-state index in [2.05, 4.69) is 15.3 Å². The second kappa shape index (κ2) is 4.78. The summed E-state index contributed by atoms with van der Waals surface area (Å²) in [6.07, 6.45) is 0. The summed E-state index contributed by atoms with van der Waals surface area (Å²) in [5, 5.41) is 15.4. The van der Waals surface area contributed by atoms with Gasteiger partial charge in [-0.3, -0.25) is 14.9 Å². The second-order valence-corrected chi connectivity index (χ2v) is 4.77. The fourth-order valence-corrected chi connectivity index (χ4v) is 2.31. The van der Waals surface area contributed by atoms with Crippen LogP contribution in [0.4, 0.5) is 11.7 Å². The van der Waals surface area contributed by atoms with Crippen LogP contribution in [-0.2, 0) is 6.54 Å². The smallest absolute Gasteiger partial charge is 0.304 e. The van der Waals surface area contributed by atoms with Gasteiger partial charge in [0.2, 0.25) is 0 Å². The highest BCUT2D eigenvalue weighted by atomic mass is 32.1. The summed E-state index contributed by atoms with van der Waals surface area (Å²) >= 11 is 1.06. The Hall–Kier alpha value is -2.68.